The Bertz CT molecular complexity index is 703. The van der Waals surface area contributed by atoms with Crippen molar-refractivity contribution in [3.8, 4) is 5.75 Å². The number of hydrogen-bond acceptors (Lipinski definition) is 6. The minimum absolute atomic E-state index is 0.0827. The largest absolute Gasteiger partial charge is 0.494 e. The summed E-state index contributed by atoms with van der Waals surface area (Å²) in [6.45, 7) is 3.03. The van der Waals surface area contributed by atoms with Gasteiger partial charge in [-0.25, -0.2) is 0 Å². The lowest BCUT2D eigenvalue weighted by Crippen LogP contribution is -2.27. The van der Waals surface area contributed by atoms with E-state index in [4.69, 9.17) is 4.74 Å². The molecular weight excluding hydrogens is 348 g/mol. The molecule has 0 bridgehead atoms. The number of rotatable bonds is 9. The summed E-state index contributed by atoms with van der Waals surface area (Å²) in [6.07, 6.45) is 0.697. The molecule has 0 aliphatic rings. The van der Waals surface area contributed by atoms with Crippen LogP contribution in [0.2, 0.25) is 0 Å². The first kappa shape index (κ1) is 18.3. The number of ether oxygens (including phenoxy) is 1. The Morgan fingerprint density at radius 3 is 3.00 bits per heavy atom. The maximum Gasteiger partial charge on any atom is 0.337 e. The van der Waals surface area contributed by atoms with Crippen molar-refractivity contribution in [3.05, 3.63) is 51.4 Å². The second-order valence-corrected chi connectivity index (χ2v) is 6.92. The molecule has 2 aromatic rings. The van der Waals surface area contributed by atoms with E-state index in [9.17, 15) is 14.9 Å². The second-order valence-electron chi connectivity index (χ2n) is 5.00. The Kier molecular flexibility index (Phi) is 7.07. The van der Waals surface area contributed by atoms with Gasteiger partial charge in [0.2, 0.25) is 5.91 Å². The monoisotopic (exact) mass is 366 g/mol. The molecule has 2 rings (SSSR count). The number of hydrogen-bond donors (Lipinski definition) is 1. The zero-order chi connectivity index (χ0) is 17.4. The Morgan fingerprint density at radius 1 is 1.42 bits per heavy atom. The van der Waals surface area contributed by atoms with E-state index < -0.39 is 4.92 Å². The van der Waals surface area contributed by atoms with Crippen molar-refractivity contribution in [1.29, 1.82) is 0 Å². The third-order valence-corrected chi connectivity index (χ3v) is 5.08. The van der Waals surface area contributed by atoms with Gasteiger partial charge in [-0.15, -0.1) is 11.8 Å². The molecule has 1 amide bonds. The number of aryl methyl sites for hydroxylation is 1. The molecule has 128 valence electrons. The molecular formula is C16H18N2O4S2. The molecule has 1 aromatic heterocycles. The van der Waals surface area contributed by atoms with Gasteiger partial charge in [-0.2, -0.15) is 0 Å². The van der Waals surface area contributed by atoms with Crippen molar-refractivity contribution in [2.75, 3.05) is 18.9 Å². The average Bonchev–Trinajstić information content (AvgIpc) is 3.01. The standard InChI is InChI=1S/C16H18N2O4S2/c1-12-4-2-5-13(10-12)22-8-3-7-17-15(19)11-24-14-6-9-23-16(14)18(20)21/h2,4-6,9-10H,3,7-8,11H2,1H3,(H,17,19). The Morgan fingerprint density at radius 2 is 2.25 bits per heavy atom. The Hall–Kier alpha value is -2.06. The van der Waals surface area contributed by atoms with Crippen LogP contribution in [-0.4, -0.2) is 29.7 Å². The molecule has 0 atom stereocenters. The SMILES string of the molecule is Cc1cccc(OCCCNC(=O)CSc2ccsc2[N+](=O)[O-])c1. The molecule has 0 aliphatic heterocycles. The number of carbonyl (C=O) groups excluding carboxylic acids is 1. The van der Waals surface area contributed by atoms with E-state index in [0.29, 0.717) is 24.5 Å². The van der Waals surface area contributed by atoms with Crippen LogP contribution in [0.15, 0.2) is 40.6 Å². The molecule has 24 heavy (non-hydrogen) atoms. The first-order valence-corrected chi connectivity index (χ1v) is 9.23. The van der Waals surface area contributed by atoms with Crippen LogP contribution in [0.3, 0.4) is 0 Å². The van der Waals surface area contributed by atoms with Crippen LogP contribution in [0, 0.1) is 17.0 Å². The van der Waals surface area contributed by atoms with E-state index in [2.05, 4.69) is 5.32 Å². The van der Waals surface area contributed by atoms with E-state index in [0.717, 1.165) is 22.6 Å². The van der Waals surface area contributed by atoms with Crippen LogP contribution in [0.25, 0.3) is 0 Å². The van der Waals surface area contributed by atoms with Gasteiger partial charge in [0.25, 0.3) is 0 Å². The molecule has 0 radical (unpaired) electrons. The third kappa shape index (κ3) is 5.86. The smallest absolute Gasteiger partial charge is 0.337 e. The quantitative estimate of drug-likeness (QED) is 0.317. The Labute approximate surface area is 148 Å². The first-order valence-electron chi connectivity index (χ1n) is 7.37. The van der Waals surface area contributed by atoms with Crippen molar-refractivity contribution in [3.63, 3.8) is 0 Å². The molecule has 6 nitrogen and oxygen atoms in total. The predicted octanol–water partition coefficient (Wildman–Crippen LogP) is 3.64. The van der Waals surface area contributed by atoms with Gasteiger partial charge in [0.15, 0.2) is 0 Å². The molecule has 1 aromatic carbocycles. The third-order valence-electron chi connectivity index (χ3n) is 3.04. The Balaban J connectivity index is 1.61. The lowest BCUT2D eigenvalue weighted by atomic mass is 10.2. The number of nitrogens with one attached hydrogen (secondary N) is 1. The lowest BCUT2D eigenvalue weighted by Gasteiger charge is -2.07. The number of benzene rings is 1. The summed E-state index contributed by atoms with van der Waals surface area (Å²) in [5, 5.41) is 15.3. The molecule has 0 spiro atoms. The van der Waals surface area contributed by atoms with E-state index >= 15 is 0 Å². The number of nitrogens with zero attached hydrogens (tertiary/aromatic N) is 1. The average molecular weight is 366 g/mol. The van der Waals surface area contributed by atoms with Gasteiger partial charge >= 0.3 is 5.00 Å². The number of thiophene rings is 1. The fourth-order valence-corrected chi connectivity index (χ4v) is 3.68. The number of nitro groups is 1. The van der Waals surface area contributed by atoms with Crippen LogP contribution >= 0.6 is 23.1 Å². The number of carbonyl (C=O) groups is 1. The van der Waals surface area contributed by atoms with E-state index in [1.807, 2.05) is 31.2 Å². The highest BCUT2D eigenvalue weighted by atomic mass is 32.2. The maximum atomic E-state index is 11.8. The number of thioether (sulfide) groups is 1. The van der Waals surface area contributed by atoms with Gasteiger partial charge in [-0.1, -0.05) is 23.5 Å². The molecule has 1 heterocycles. The fourth-order valence-electron chi connectivity index (χ4n) is 1.92. The van der Waals surface area contributed by atoms with Crippen molar-refractivity contribution in [2.24, 2.45) is 0 Å². The topological polar surface area (TPSA) is 81.5 Å². The van der Waals surface area contributed by atoms with Gasteiger partial charge < -0.3 is 10.1 Å². The summed E-state index contributed by atoms with van der Waals surface area (Å²) in [5.41, 5.74) is 1.14. The summed E-state index contributed by atoms with van der Waals surface area (Å²) in [4.78, 5) is 22.7. The van der Waals surface area contributed by atoms with Crippen molar-refractivity contribution in [1.82, 2.24) is 5.32 Å². The molecule has 0 aliphatic carbocycles. The van der Waals surface area contributed by atoms with Gasteiger partial charge in [0, 0.05) is 6.54 Å². The van der Waals surface area contributed by atoms with Crippen LogP contribution in [0.4, 0.5) is 5.00 Å². The molecule has 0 saturated carbocycles. The molecule has 0 saturated heterocycles. The summed E-state index contributed by atoms with van der Waals surface area (Å²) >= 11 is 2.24. The van der Waals surface area contributed by atoms with E-state index in [1.165, 1.54) is 11.8 Å². The highest BCUT2D eigenvalue weighted by molar-refractivity contribution is 8.00. The predicted molar refractivity (Wildman–Crippen MR) is 96.0 cm³/mol. The lowest BCUT2D eigenvalue weighted by molar-refractivity contribution is -0.382. The van der Waals surface area contributed by atoms with Crippen LogP contribution in [0.5, 0.6) is 5.75 Å². The van der Waals surface area contributed by atoms with Crippen molar-refractivity contribution in [2.45, 2.75) is 18.2 Å². The van der Waals surface area contributed by atoms with Crippen molar-refractivity contribution >= 4 is 34.0 Å². The highest BCUT2D eigenvalue weighted by Crippen LogP contribution is 2.33. The highest BCUT2D eigenvalue weighted by Gasteiger charge is 2.16. The molecule has 0 unspecified atom stereocenters. The van der Waals surface area contributed by atoms with Crippen LogP contribution in [-0.2, 0) is 4.79 Å². The summed E-state index contributed by atoms with van der Waals surface area (Å²) in [6, 6.07) is 9.46. The van der Waals surface area contributed by atoms with Crippen LogP contribution < -0.4 is 10.1 Å². The normalized spacial score (nSPS) is 10.4. The zero-order valence-electron chi connectivity index (χ0n) is 13.2. The molecule has 0 fully saturated rings. The second kappa shape index (κ2) is 9.29. The molecule has 1 N–H and O–H groups in total. The van der Waals surface area contributed by atoms with Crippen LogP contribution in [0.1, 0.15) is 12.0 Å². The summed E-state index contributed by atoms with van der Waals surface area (Å²) in [7, 11) is 0. The summed E-state index contributed by atoms with van der Waals surface area (Å²) < 4.78 is 5.60. The first-order chi connectivity index (χ1) is 11.6. The minimum atomic E-state index is -0.423. The van der Waals surface area contributed by atoms with Gasteiger partial charge in [-0.3, -0.25) is 14.9 Å². The fraction of sp³-hybridized carbons (Fsp3) is 0.312. The number of amides is 1. The zero-order valence-corrected chi connectivity index (χ0v) is 14.8. The maximum absolute atomic E-state index is 11.8. The van der Waals surface area contributed by atoms with Gasteiger partial charge in [-0.05, 0) is 42.5 Å². The van der Waals surface area contributed by atoms with Gasteiger partial charge in [0.1, 0.15) is 5.75 Å². The van der Waals surface area contributed by atoms with Gasteiger partial charge in [0.05, 0.1) is 22.2 Å². The summed E-state index contributed by atoms with van der Waals surface area (Å²) in [5.74, 6) is 0.841. The minimum Gasteiger partial charge on any atom is -0.494 e. The van der Waals surface area contributed by atoms with E-state index in [-0.39, 0.29) is 16.7 Å². The van der Waals surface area contributed by atoms with E-state index in [1.54, 1.807) is 11.4 Å². The van der Waals surface area contributed by atoms with Crippen molar-refractivity contribution < 1.29 is 14.5 Å². The molecule has 8 heteroatoms.